The van der Waals surface area contributed by atoms with Crippen molar-refractivity contribution in [3.63, 3.8) is 0 Å². The van der Waals surface area contributed by atoms with Crippen molar-refractivity contribution in [2.24, 2.45) is 0 Å². The molecule has 0 saturated heterocycles. The summed E-state index contributed by atoms with van der Waals surface area (Å²) in [6.07, 6.45) is 0.748. The zero-order valence-electron chi connectivity index (χ0n) is 13.5. The predicted octanol–water partition coefficient (Wildman–Crippen LogP) is 2.82. The van der Waals surface area contributed by atoms with Crippen molar-refractivity contribution in [3.05, 3.63) is 70.8 Å². The minimum Gasteiger partial charge on any atom is -0.452 e. The third kappa shape index (κ3) is 4.95. The number of esters is 1. The first-order chi connectivity index (χ1) is 11.1. The molecule has 4 heteroatoms. The molecule has 2 aromatic carbocycles. The number of hydrogen-bond acceptors (Lipinski definition) is 3. The van der Waals surface area contributed by atoms with Gasteiger partial charge in [-0.25, -0.2) is 4.79 Å². The Hall–Kier alpha value is -2.62. The maximum absolute atomic E-state index is 12.0. The molecule has 0 spiro atoms. The van der Waals surface area contributed by atoms with Gasteiger partial charge in [0.25, 0.3) is 5.91 Å². The molecule has 0 fully saturated rings. The predicted molar refractivity (Wildman–Crippen MR) is 89.4 cm³/mol. The van der Waals surface area contributed by atoms with Crippen molar-refractivity contribution in [2.75, 3.05) is 13.2 Å². The molecule has 2 aromatic rings. The van der Waals surface area contributed by atoms with Gasteiger partial charge in [0.15, 0.2) is 6.61 Å². The average molecular weight is 311 g/mol. The van der Waals surface area contributed by atoms with Crippen LogP contribution in [0.15, 0.2) is 48.5 Å². The SMILES string of the molecule is Cc1cccc(C(=O)OCC(=O)NCCc2ccccc2)c1C. The Morgan fingerprint density at radius 3 is 2.48 bits per heavy atom. The fraction of sp³-hybridized carbons (Fsp3) is 0.263. The molecule has 0 radical (unpaired) electrons. The summed E-state index contributed by atoms with van der Waals surface area (Å²) in [6, 6.07) is 15.3. The molecule has 4 nitrogen and oxygen atoms in total. The van der Waals surface area contributed by atoms with E-state index in [0.29, 0.717) is 12.1 Å². The van der Waals surface area contributed by atoms with E-state index in [1.165, 1.54) is 0 Å². The van der Waals surface area contributed by atoms with Gasteiger partial charge < -0.3 is 10.1 Å². The van der Waals surface area contributed by atoms with Crippen LogP contribution in [0.25, 0.3) is 0 Å². The quantitative estimate of drug-likeness (QED) is 0.835. The average Bonchev–Trinajstić information content (AvgIpc) is 2.56. The first-order valence-electron chi connectivity index (χ1n) is 7.62. The van der Waals surface area contributed by atoms with Crippen LogP contribution in [0.5, 0.6) is 0 Å². The zero-order chi connectivity index (χ0) is 16.7. The van der Waals surface area contributed by atoms with E-state index in [1.54, 1.807) is 12.1 Å². The molecule has 0 heterocycles. The summed E-state index contributed by atoms with van der Waals surface area (Å²) in [5, 5.41) is 2.75. The first-order valence-corrected chi connectivity index (χ1v) is 7.62. The lowest BCUT2D eigenvalue weighted by Crippen LogP contribution is -2.30. The van der Waals surface area contributed by atoms with E-state index in [-0.39, 0.29) is 12.5 Å². The molecule has 23 heavy (non-hydrogen) atoms. The lowest BCUT2D eigenvalue weighted by molar-refractivity contribution is -0.124. The highest BCUT2D eigenvalue weighted by Crippen LogP contribution is 2.13. The van der Waals surface area contributed by atoms with Crippen molar-refractivity contribution in [2.45, 2.75) is 20.3 Å². The second-order valence-corrected chi connectivity index (χ2v) is 5.41. The molecule has 0 aliphatic heterocycles. The minimum absolute atomic E-state index is 0.263. The van der Waals surface area contributed by atoms with E-state index in [4.69, 9.17) is 4.74 Å². The van der Waals surface area contributed by atoms with Crippen molar-refractivity contribution in [3.8, 4) is 0 Å². The standard InChI is InChI=1S/C19H21NO3/c1-14-7-6-10-17(15(14)2)19(22)23-13-18(21)20-12-11-16-8-4-3-5-9-16/h3-10H,11-13H2,1-2H3,(H,20,21). The van der Waals surface area contributed by atoms with E-state index in [2.05, 4.69) is 5.32 Å². The molecule has 0 saturated carbocycles. The maximum atomic E-state index is 12.0. The third-order valence-corrected chi connectivity index (χ3v) is 3.74. The van der Waals surface area contributed by atoms with Gasteiger partial charge in [0, 0.05) is 6.54 Å². The molecule has 1 N–H and O–H groups in total. The number of ether oxygens (including phenoxy) is 1. The van der Waals surface area contributed by atoms with Gasteiger partial charge in [-0.2, -0.15) is 0 Å². The Morgan fingerprint density at radius 1 is 1.00 bits per heavy atom. The Morgan fingerprint density at radius 2 is 1.74 bits per heavy atom. The van der Waals surface area contributed by atoms with Crippen LogP contribution < -0.4 is 5.32 Å². The van der Waals surface area contributed by atoms with E-state index in [9.17, 15) is 9.59 Å². The van der Waals surface area contributed by atoms with Gasteiger partial charge in [0.05, 0.1) is 5.56 Å². The summed E-state index contributed by atoms with van der Waals surface area (Å²) in [7, 11) is 0. The number of carbonyl (C=O) groups is 2. The molecule has 0 bridgehead atoms. The van der Waals surface area contributed by atoms with E-state index >= 15 is 0 Å². The topological polar surface area (TPSA) is 55.4 Å². The van der Waals surface area contributed by atoms with Crippen LogP contribution in [-0.4, -0.2) is 25.0 Å². The van der Waals surface area contributed by atoms with Crippen molar-refractivity contribution >= 4 is 11.9 Å². The van der Waals surface area contributed by atoms with Crippen molar-refractivity contribution in [1.82, 2.24) is 5.32 Å². The summed E-state index contributed by atoms with van der Waals surface area (Å²) in [5.74, 6) is -0.760. The van der Waals surface area contributed by atoms with Gasteiger partial charge in [-0.3, -0.25) is 4.79 Å². The second-order valence-electron chi connectivity index (χ2n) is 5.41. The monoisotopic (exact) mass is 311 g/mol. The number of amides is 1. The van der Waals surface area contributed by atoms with Gasteiger partial charge in [-0.15, -0.1) is 0 Å². The number of rotatable bonds is 6. The smallest absolute Gasteiger partial charge is 0.338 e. The van der Waals surface area contributed by atoms with Crippen LogP contribution in [0.4, 0.5) is 0 Å². The Kier molecular flexibility index (Phi) is 5.92. The highest BCUT2D eigenvalue weighted by molar-refractivity contribution is 5.93. The summed E-state index contributed by atoms with van der Waals surface area (Å²) in [4.78, 5) is 23.7. The van der Waals surface area contributed by atoms with Crippen LogP contribution in [0.2, 0.25) is 0 Å². The van der Waals surface area contributed by atoms with Crippen molar-refractivity contribution < 1.29 is 14.3 Å². The van der Waals surface area contributed by atoms with Crippen LogP contribution in [0.1, 0.15) is 27.0 Å². The molecule has 1 amide bonds. The van der Waals surface area contributed by atoms with Crippen LogP contribution in [0, 0.1) is 13.8 Å². The number of hydrogen-bond donors (Lipinski definition) is 1. The molecule has 120 valence electrons. The number of aryl methyl sites for hydroxylation is 1. The Bertz CT molecular complexity index is 680. The zero-order valence-corrected chi connectivity index (χ0v) is 13.5. The molecule has 0 aromatic heterocycles. The Balaban J connectivity index is 1.76. The molecular formula is C19H21NO3. The van der Waals surface area contributed by atoms with Crippen LogP contribution in [-0.2, 0) is 16.0 Å². The largest absolute Gasteiger partial charge is 0.452 e. The number of benzene rings is 2. The van der Waals surface area contributed by atoms with Gasteiger partial charge in [-0.1, -0.05) is 42.5 Å². The first kappa shape index (κ1) is 16.7. The van der Waals surface area contributed by atoms with E-state index in [1.807, 2.05) is 50.2 Å². The fourth-order valence-electron chi connectivity index (χ4n) is 2.22. The summed E-state index contributed by atoms with van der Waals surface area (Å²) >= 11 is 0. The highest BCUT2D eigenvalue weighted by Gasteiger charge is 2.13. The lowest BCUT2D eigenvalue weighted by atomic mass is 10.0. The van der Waals surface area contributed by atoms with E-state index in [0.717, 1.165) is 23.1 Å². The number of carbonyl (C=O) groups excluding carboxylic acids is 2. The van der Waals surface area contributed by atoms with Crippen LogP contribution in [0.3, 0.4) is 0 Å². The van der Waals surface area contributed by atoms with E-state index < -0.39 is 5.97 Å². The van der Waals surface area contributed by atoms with Gasteiger partial charge >= 0.3 is 5.97 Å². The number of nitrogens with one attached hydrogen (secondary N) is 1. The maximum Gasteiger partial charge on any atom is 0.338 e. The summed E-state index contributed by atoms with van der Waals surface area (Å²) in [6.45, 7) is 4.05. The fourth-order valence-corrected chi connectivity index (χ4v) is 2.22. The normalized spacial score (nSPS) is 10.2. The molecule has 0 unspecified atom stereocenters. The van der Waals surface area contributed by atoms with Crippen molar-refractivity contribution in [1.29, 1.82) is 0 Å². The Labute approximate surface area is 136 Å². The molecule has 0 aliphatic carbocycles. The highest BCUT2D eigenvalue weighted by atomic mass is 16.5. The lowest BCUT2D eigenvalue weighted by Gasteiger charge is -2.09. The van der Waals surface area contributed by atoms with Gasteiger partial charge in [-0.05, 0) is 43.0 Å². The minimum atomic E-state index is -0.468. The molecular weight excluding hydrogens is 290 g/mol. The summed E-state index contributed by atoms with van der Waals surface area (Å²) in [5.41, 5.74) is 3.55. The second kappa shape index (κ2) is 8.13. The van der Waals surface area contributed by atoms with Gasteiger partial charge in [0.1, 0.15) is 0 Å². The summed E-state index contributed by atoms with van der Waals surface area (Å²) < 4.78 is 5.08. The molecule has 0 aliphatic rings. The van der Waals surface area contributed by atoms with Gasteiger partial charge in [0.2, 0.25) is 0 Å². The third-order valence-electron chi connectivity index (χ3n) is 3.74. The molecule has 0 atom stereocenters. The molecule has 2 rings (SSSR count). The van der Waals surface area contributed by atoms with Crippen LogP contribution >= 0.6 is 0 Å².